The zero-order valence-corrected chi connectivity index (χ0v) is 20.0. The number of sulfonamides is 1. The fraction of sp³-hybridized carbons (Fsp3) is 0.435. The molecule has 1 heterocycles. The van der Waals surface area contributed by atoms with Crippen LogP contribution in [0.25, 0.3) is 0 Å². The smallest absolute Gasteiger partial charge is 0.261 e. The summed E-state index contributed by atoms with van der Waals surface area (Å²) in [6, 6.07) is 9.18. The number of hydrogen-bond acceptors (Lipinski definition) is 6. The first-order valence-corrected chi connectivity index (χ1v) is 12.2. The molecule has 0 radical (unpaired) electrons. The van der Waals surface area contributed by atoms with Gasteiger partial charge in [0, 0.05) is 39.4 Å². The van der Waals surface area contributed by atoms with Crippen molar-refractivity contribution >= 4 is 21.6 Å². The second-order valence-corrected chi connectivity index (χ2v) is 10.0. The van der Waals surface area contributed by atoms with Gasteiger partial charge in [-0.05, 0) is 43.2 Å². The SMILES string of the molecule is CO[C@H]1CN(C)C(=O)c2ccc(NS(=O)(=O)c3cccc(F)c3)cc2OC[C@H](C)NC[C@@H]1C. The molecule has 180 valence electrons. The Bertz CT molecular complexity index is 1100. The number of ether oxygens (including phenoxy) is 2. The fourth-order valence-corrected chi connectivity index (χ4v) is 4.65. The predicted octanol–water partition coefficient (Wildman–Crippen LogP) is 2.72. The molecule has 2 aromatic rings. The molecule has 2 aromatic carbocycles. The summed E-state index contributed by atoms with van der Waals surface area (Å²) in [5.74, 6) is -0.494. The molecule has 3 rings (SSSR count). The zero-order chi connectivity index (χ0) is 24.2. The molecule has 1 aliphatic rings. The summed E-state index contributed by atoms with van der Waals surface area (Å²) in [6.07, 6.45) is -0.153. The average molecular weight is 480 g/mol. The molecular formula is C23H30FN3O5S. The van der Waals surface area contributed by atoms with E-state index in [1.807, 2.05) is 6.92 Å². The molecule has 0 aliphatic carbocycles. The minimum absolute atomic E-state index is 0.0160. The number of rotatable bonds is 4. The number of halogens is 1. The lowest BCUT2D eigenvalue weighted by Crippen LogP contribution is -2.44. The molecule has 8 nitrogen and oxygen atoms in total. The maximum absolute atomic E-state index is 13.5. The van der Waals surface area contributed by atoms with Gasteiger partial charge in [-0.25, -0.2) is 12.8 Å². The predicted molar refractivity (Wildman–Crippen MR) is 124 cm³/mol. The molecule has 10 heteroatoms. The third-order valence-electron chi connectivity index (χ3n) is 5.59. The van der Waals surface area contributed by atoms with Crippen LogP contribution in [0.1, 0.15) is 24.2 Å². The topological polar surface area (TPSA) is 97.0 Å². The number of likely N-dealkylation sites (N-methyl/N-ethyl adjacent to an activating group) is 1. The molecule has 1 aliphatic heterocycles. The van der Waals surface area contributed by atoms with Gasteiger partial charge in [0.15, 0.2) is 0 Å². The van der Waals surface area contributed by atoms with Crippen LogP contribution in [0.4, 0.5) is 10.1 Å². The molecule has 2 N–H and O–H groups in total. The summed E-state index contributed by atoms with van der Waals surface area (Å²) in [7, 11) is -0.708. The van der Waals surface area contributed by atoms with Crippen molar-refractivity contribution in [2.75, 3.05) is 38.6 Å². The summed E-state index contributed by atoms with van der Waals surface area (Å²) >= 11 is 0. The van der Waals surface area contributed by atoms with E-state index in [1.54, 1.807) is 19.1 Å². The number of hydrogen-bond donors (Lipinski definition) is 2. The van der Waals surface area contributed by atoms with Crippen LogP contribution < -0.4 is 14.8 Å². The van der Waals surface area contributed by atoms with Crippen molar-refractivity contribution in [1.82, 2.24) is 10.2 Å². The summed E-state index contributed by atoms with van der Waals surface area (Å²) in [6.45, 7) is 5.37. The fourth-order valence-electron chi connectivity index (χ4n) is 3.57. The van der Waals surface area contributed by atoms with Gasteiger partial charge >= 0.3 is 0 Å². The second-order valence-electron chi connectivity index (χ2n) is 8.33. The Morgan fingerprint density at radius 1 is 1.21 bits per heavy atom. The molecule has 0 saturated heterocycles. The van der Waals surface area contributed by atoms with Gasteiger partial charge in [0.2, 0.25) is 0 Å². The van der Waals surface area contributed by atoms with Crippen LogP contribution in [0.5, 0.6) is 5.75 Å². The minimum Gasteiger partial charge on any atom is -0.491 e. The Morgan fingerprint density at radius 3 is 2.67 bits per heavy atom. The maximum Gasteiger partial charge on any atom is 0.261 e. The van der Waals surface area contributed by atoms with Crippen LogP contribution in [0, 0.1) is 11.7 Å². The Balaban J connectivity index is 1.92. The van der Waals surface area contributed by atoms with Gasteiger partial charge in [-0.2, -0.15) is 0 Å². The molecule has 33 heavy (non-hydrogen) atoms. The highest BCUT2D eigenvalue weighted by molar-refractivity contribution is 7.92. The molecule has 0 fully saturated rings. The van der Waals surface area contributed by atoms with Crippen LogP contribution in [-0.4, -0.2) is 65.2 Å². The number of methoxy groups -OCH3 is 1. The third-order valence-corrected chi connectivity index (χ3v) is 6.96. The van der Waals surface area contributed by atoms with Crippen LogP contribution in [0.15, 0.2) is 47.4 Å². The van der Waals surface area contributed by atoms with Gasteiger partial charge in [-0.15, -0.1) is 0 Å². The lowest BCUT2D eigenvalue weighted by Gasteiger charge is -2.30. The Labute approximate surface area is 194 Å². The van der Waals surface area contributed by atoms with Crippen molar-refractivity contribution in [3.8, 4) is 5.75 Å². The number of carbonyl (C=O) groups is 1. The average Bonchev–Trinajstić information content (AvgIpc) is 2.78. The second kappa shape index (κ2) is 10.5. The molecule has 0 bridgehead atoms. The number of amides is 1. The molecule has 0 aromatic heterocycles. The van der Waals surface area contributed by atoms with E-state index in [1.165, 1.54) is 36.4 Å². The number of fused-ring (bicyclic) bond motifs is 1. The van der Waals surface area contributed by atoms with Gasteiger partial charge in [0.25, 0.3) is 15.9 Å². The van der Waals surface area contributed by atoms with Gasteiger partial charge in [0.1, 0.15) is 18.2 Å². The van der Waals surface area contributed by atoms with Crippen molar-refractivity contribution in [2.45, 2.75) is 30.9 Å². The molecule has 0 spiro atoms. The van der Waals surface area contributed by atoms with E-state index in [0.29, 0.717) is 18.7 Å². The summed E-state index contributed by atoms with van der Waals surface area (Å²) in [4.78, 5) is 14.5. The molecule has 1 amide bonds. The Hall–Kier alpha value is -2.69. The monoisotopic (exact) mass is 479 g/mol. The number of carbonyl (C=O) groups excluding carboxylic acids is 1. The van der Waals surface area contributed by atoms with E-state index >= 15 is 0 Å². The number of benzene rings is 2. The summed E-state index contributed by atoms with van der Waals surface area (Å²) < 4.78 is 52.8. The van der Waals surface area contributed by atoms with Crippen molar-refractivity contribution in [3.05, 3.63) is 53.8 Å². The highest BCUT2D eigenvalue weighted by atomic mass is 32.2. The van der Waals surface area contributed by atoms with E-state index in [4.69, 9.17) is 9.47 Å². The van der Waals surface area contributed by atoms with Gasteiger partial charge < -0.3 is 19.7 Å². The highest BCUT2D eigenvalue weighted by Crippen LogP contribution is 2.27. The van der Waals surface area contributed by atoms with Gasteiger partial charge in [-0.3, -0.25) is 9.52 Å². The van der Waals surface area contributed by atoms with Crippen LogP contribution in [0.3, 0.4) is 0 Å². The Morgan fingerprint density at radius 2 is 1.97 bits per heavy atom. The molecular weight excluding hydrogens is 449 g/mol. The Kier molecular flexibility index (Phi) is 7.93. The number of nitrogens with zero attached hydrogens (tertiary/aromatic N) is 1. The molecule has 0 saturated carbocycles. The van der Waals surface area contributed by atoms with E-state index in [9.17, 15) is 17.6 Å². The van der Waals surface area contributed by atoms with Crippen LogP contribution in [0.2, 0.25) is 0 Å². The molecule has 3 atom stereocenters. The first-order chi connectivity index (χ1) is 15.6. The third kappa shape index (κ3) is 6.21. The van der Waals surface area contributed by atoms with Crippen molar-refractivity contribution in [1.29, 1.82) is 0 Å². The first-order valence-electron chi connectivity index (χ1n) is 10.7. The van der Waals surface area contributed by atoms with E-state index in [0.717, 1.165) is 6.07 Å². The number of nitrogens with one attached hydrogen (secondary N) is 2. The summed E-state index contributed by atoms with van der Waals surface area (Å²) in [5.41, 5.74) is 0.506. The van der Waals surface area contributed by atoms with E-state index < -0.39 is 15.8 Å². The normalized spacial score (nSPS) is 22.5. The quantitative estimate of drug-likeness (QED) is 0.700. The summed E-state index contributed by atoms with van der Waals surface area (Å²) in [5, 5.41) is 3.40. The van der Waals surface area contributed by atoms with Crippen LogP contribution in [-0.2, 0) is 14.8 Å². The largest absolute Gasteiger partial charge is 0.491 e. The zero-order valence-electron chi connectivity index (χ0n) is 19.2. The lowest BCUT2D eigenvalue weighted by molar-refractivity contribution is 0.0281. The van der Waals surface area contributed by atoms with E-state index in [2.05, 4.69) is 17.0 Å². The van der Waals surface area contributed by atoms with Crippen molar-refractivity contribution < 1.29 is 27.1 Å². The minimum atomic E-state index is -4.02. The van der Waals surface area contributed by atoms with Gasteiger partial charge in [-0.1, -0.05) is 13.0 Å². The maximum atomic E-state index is 13.5. The van der Waals surface area contributed by atoms with Crippen LogP contribution >= 0.6 is 0 Å². The standard InChI is InChI=1S/C23H30FN3O5S/c1-15-12-25-16(2)14-32-21-11-18(26-33(29,30)19-7-5-6-17(24)10-19)8-9-20(21)23(28)27(3)13-22(15)31-4/h5-11,15-16,22,25-26H,12-14H2,1-4H3/t15-,16-,22-/m0/s1. The van der Waals surface area contributed by atoms with E-state index in [-0.39, 0.29) is 46.9 Å². The lowest BCUT2D eigenvalue weighted by atomic mass is 10.0. The highest BCUT2D eigenvalue weighted by Gasteiger charge is 2.26. The first kappa shape index (κ1) is 24.9. The number of anilines is 1. The molecule has 0 unspecified atom stereocenters. The van der Waals surface area contributed by atoms with Gasteiger partial charge in [0.05, 0.1) is 22.3 Å². The van der Waals surface area contributed by atoms with Crippen molar-refractivity contribution in [3.63, 3.8) is 0 Å². The van der Waals surface area contributed by atoms with Crippen molar-refractivity contribution in [2.24, 2.45) is 5.92 Å².